The molecule has 3 rings (SSSR count). The second-order valence-electron chi connectivity index (χ2n) is 6.17. The molecule has 126 valence electrons. The molecular weight excluding hydrogens is 304 g/mol. The summed E-state index contributed by atoms with van der Waals surface area (Å²) in [5.74, 6) is 0.550. The molecule has 0 aliphatic carbocycles. The van der Waals surface area contributed by atoms with Crippen LogP contribution < -0.4 is 11.1 Å². The van der Waals surface area contributed by atoms with Crippen molar-refractivity contribution in [3.05, 3.63) is 36.0 Å². The van der Waals surface area contributed by atoms with E-state index < -0.39 is 0 Å². The number of allylic oxidation sites excluding steroid dienone is 1. The van der Waals surface area contributed by atoms with Gasteiger partial charge >= 0.3 is 0 Å². The molecule has 0 bridgehead atoms. The number of carbonyl (C=O) groups is 1. The van der Waals surface area contributed by atoms with Gasteiger partial charge in [0, 0.05) is 16.9 Å². The van der Waals surface area contributed by atoms with Crippen LogP contribution in [0.3, 0.4) is 0 Å². The van der Waals surface area contributed by atoms with Crippen molar-refractivity contribution < 1.29 is 4.79 Å². The molecule has 1 aromatic heterocycles. The quantitative estimate of drug-likeness (QED) is 0.641. The zero-order valence-corrected chi connectivity index (χ0v) is 13.7. The van der Waals surface area contributed by atoms with E-state index in [2.05, 4.69) is 27.5 Å². The summed E-state index contributed by atoms with van der Waals surface area (Å²) < 4.78 is 0. The first kappa shape index (κ1) is 16.2. The van der Waals surface area contributed by atoms with Gasteiger partial charge in [-0.1, -0.05) is 6.07 Å². The van der Waals surface area contributed by atoms with Crippen molar-refractivity contribution in [2.45, 2.75) is 12.8 Å². The van der Waals surface area contributed by atoms with Crippen molar-refractivity contribution >= 4 is 28.3 Å². The van der Waals surface area contributed by atoms with Gasteiger partial charge in [-0.2, -0.15) is 5.10 Å². The summed E-state index contributed by atoms with van der Waals surface area (Å²) in [4.78, 5) is 14.7. The van der Waals surface area contributed by atoms with Crippen LogP contribution in [0.1, 0.15) is 18.4 Å². The van der Waals surface area contributed by atoms with Gasteiger partial charge in [0.2, 0.25) is 5.91 Å². The number of hydrogen-bond acceptors (Lipinski definition) is 5. The molecule has 1 saturated heterocycles. The Balaban J connectivity index is 1.80. The maximum Gasteiger partial charge on any atom is 0.228 e. The van der Waals surface area contributed by atoms with Crippen molar-refractivity contribution in [2.24, 2.45) is 11.7 Å². The predicted molar refractivity (Wildman–Crippen MR) is 95.1 cm³/mol. The van der Waals surface area contributed by atoms with Crippen molar-refractivity contribution in [3.8, 4) is 0 Å². The second-order valence-corrected chi connectivity index (χ2v) is 6.17. The van der Waals surface area contributed by atoms with E-state index in [1.165, 1.54) is 12.3 Å². The fourth-order valence-corrected chi connectivity index (χ4v) is 2.96. The van der Waals surface area contributed by atoms with E-state index in [9.17, 15) is 4.79 Å². The fraction of sp³-hybridized carbons (Fsp3) is 0.353. The number of nitrogens with two attached hydrogens (primary N) is 1. The lowest BCUT2D eigenvalue weighted by Gasteiger charge is -2.27. The van der Waals surface area contributed by atoms with Gasteiger partial charge < -0.3 is 21.4 Å². The molecule has 1 aliphatic rings. The van der Waals surface area contributed by atoms with Crippen molar-refractivity contribution in [1.29, 1.82) is 5.41 Å². The van der Waals surface area contributed by atoms with E-state index >= 15 is 0 Å². The molecule has 7 heteroatoms. The highest BCUT2D eigenvalue weighted by Crippen LogP contribution is 2.24. The molecule has 2 aromatic rings. The molecule has 1 aliphatic heterocycles. The molecule has 1 fully saturated rings. The topological polar surface area (TPSA) is 111 Å². The van der Waals surface area contributed by atoms with Gasteiger partial charge in [-0.3, -0.25) is 9.89 Å². The van der Waals surface area contributed by atoms with E-state index in [0.717, 1.165) is 42.4 Å². The highest BCUT2D eigenvalue weighted by Gasteiger charge is 2.24. The number of hydrogen-bond donors (Lipinski definition) is 4. The van der Waals surface area contributed by atoms with Gasteiger partial charge in [-0.05, 0) is 57.4 Å². The molecule has 1 aromatic carbocycles. The van der Waals surface area contributed by atoms with Crippen LogP contribution in [0.4, 0.5) is 5.82 Å². The molecule has 0 unspecified atom stereocenters. The number of carbonyl (C=O) groups excluding carboxylic acids is 1. The van der Waals surface area contributed by atoms with Gasteiger partial charge in [0.15, 0.2) is 5.82 Å². The number of nitrogens with zero attached hydrogens (tertiary/aromatic N) is 2. The summed E-state index contributed by atoms with van der Waals surface area (Å²) in [6, 6.07) is 5.51. The lowest BCUT2D eigenvalue weighted by Crippen LogP contribution is -2.36. The van der Waals surface area contributed by atoms with E-state index in [-0.39, 0.29) is 11.8 Å². The Morgan fingerprint density at radius 3 is 2.92 bits per heavy atom. The van der Waals surface area contributed by atoms with Crippen LogP contribution in [0.2, 0.25) is 0 Å². The molecule has 7 nitrogen and oxygen atoms in total. The van der Waals surface area contributed by atoms with Crippen LogP contribution in [-0.4, -0.2) is 46.9 Å². The summed E-state index contributed by atoms with van der Waals surface area (Å²) >= 11 is 0. The Kier molecular flexibility index (Phi) is 4.61. The third kappa shape index (κ3) is 3.30. The summed E-state index contributed by atoms with van der Waals surface area (Å²) in [7, 11) is 2.07. The number of benzene rings is 1. The number of aromatic amines is 1. The summed E-state index contributed by atoms with van der Waals surface area (Å²) in [5.41, 5.74) is 7.20. The minimum absolute atomic E-state index is 0.0128. The predicted octanol–water partition coefficient (Wildman–Crippen LogP) is 1.68. The maximum absolute atomic E-state index is 12.5. The van der Waals surface area contributed by atoms with Crippen LogP contribution >= 0.6 is 0 Å². The van der Waals surface area contributed by atoms with E-state index in [0.29, 0.717) is 11.5 Å². The van der Waals surface area contributed by atoms with Gasteiger partial charge in [-0.25, -0.2) is 0 Å². The number of fused-ring (bicyclic) bond motifs is 1. The molecule has 5 N–H and O–H groups in total. The van der Waals surface area contributed by atoms with Crippen LogP contribution in [0, 0.1) is 11.3 Å². The van der Waals surface area contributed by atoms with Gasteiger partial charge in [0.05, 0.1) is 11.2 Å². The van der Waals surface area contributed by atoms with Crippen molar-refractivity contribution in [2.75, 3.05) is 25.5 Å². The van der Waals surface area contributed by atoms with Gasteiger partial charge in [0.1, 0.15) is 0 Å². The molecule has 24 heavy (non-hydrogen) atoms. The van der Waals surface area contributed by atoms with E-state index in [1.807, 2.05) is 18.2 Å². The number of amides is 1. The lowest BCUT2D eigenvalue weighted by molar-refractivity contribution is -0.121. The van der Waals surface area contributed by atoms with Crippen LogP contribution in [0.5, 0.6) is 0 Å². The Bertz CT molecular complexity index is 785. The average Bonchev–Trinajstić information content (AvgIpc) is 2.98. The standard InChI is InChI=1S/C17H22N6O/c1-23-8-5-11(6-9-23)17(24)20-16-13-10-12(14(19)4-7-18)2-3-15(13)21-22-16/h2-4,7,10-11,19H,5-6,8-9,18H2,1H3,(H2,20,21,22,24)/b7-4-,19-14?. The molecule has 0 spiro atoms. The lowest BCUT2D eigenvalue weighted by atomic mass is 9.96. The Morgan fingerprint density at radius 2 is 2.21 bits per heavy atom. The Labute approximate surface area is 140 Å². The largest absolute Gasteiger partial charge is 0.405 e. The Morgan fingerprint density at radius 1 is 1.46 bits per heavy atom. The normalized spacial score (nSPS) is 16.7. The first-order valence-electron chi connectivity index (χ1n) is 8.03. The molecule has 0 atom stereocenters. The molecule has 0 radical (unpaired) electrons. The smallest absolute Gasteiger partial charge is 0.228 e. The number of aromatic nitrogens is 2. The number of rotatable bonds is 4. The van der Waals surface area contributed by atoms with E-state index in [1.54, 1.807) is 0 Å². The van der Waals surface area contributed by atoms with Crippen molar-refractivity contribution in [1.82, 2.24) is 15.1 Å². The first-order chi connectivity index (χ1) is 11.6. The van der Waals surface area contributed by atoms with Gasteiger partial charge in [0.25, 0.3) is 0 Å². The highest BCUT2D eigenvalue weighted by atomic mass is 16.2. The second kappa shape index (κ2) is 6.84. The number of nitrogens with one attached hydrogen (secondary N) is 3. The zero-order valence-electron chi connectivity index (χ0n) is 13.7. The third-order valence-electron chi connectivity index (χ3n) is 4.47. The van der Waals surface area contributed by atoms with Crippen molar-refractivity contribution in [3.63, 3.8) is 0 Å². The molecule has 0 saturated carbocycles. The third-order valence-corrected chi connectivity index (χ3v) is 4.47. The number of H-pyrrole nitrogens is 1. The van der Waals surface area contributed by atoms with Gasteiger partial charge in [-0.15, -0.1) is 0 Å². The number of piperidine rings is 1. The highest BCUT2D eigenvalue weighted by molar-refractivity contribution is 6.10. The van der Waals surface area contributed by atoms with Crippen LogP contribution in [-0.2, 0) is 4.79 Å². The molecule has 1 amide bonds. The van der Waals surface area contributed by atoms with Crippen LogP contribution in [0.15, 0.2) is 30.5 Å². The monoisotopic (exact) mass is 326 g/mol. The first-order valence-corrected chi connectivity index (χ1v) is 8.03. The number of likely N-dealkylation sites (tertiary alicyclic amines) is 1. The van der Waals surface area contributed by atoms with E-state index in [4.69, 9.17) is 11.1 Å². The summed E-state index contributed by atoms with van der Waals surface area (Å²) in [5, 5.41) is 18.8. The molecular formula is C17H22N6O. The Hall–Kier alpha value is -2.67. The van der Waals surface area contributed by atoms with Crippen LogP contribution in [0.25, 0.3) is 10.9 Å². The average molecular weight is 326 g/mol. The molecule has 2 heterocycles. The maximum atomic E-state index is 12.5. The SMILES string of the molecule is CN1CCC(C(=O)Nc2n[nH]c3ccc(C(=N)/C=C\N)cc23)CC1. The summed E-state index contributed by atoms with van der Waals surface area (Å²) in [6.45, 7) is 1.87. The number of anilines is 1. The minimum Gasteiger partial charge on any atom is -0.405 e. The minimum atomic E-state index is 0.0128. The zero-order chi connectivity index (χ0) is 17.1. The fourth-order valence-electron chi connectivity index (χ4n) is 2.96. The summed E-state index contributed by atoms with van der Waals surface area (Å²) in [6.07, 6.45) is 4.59.